The Hall–Kier alpha value is -3.83. The van der Waals surface area contributed by atoms with E-state index in [0.29, 0.717) is 49.3 Å². The minimum atomic E-state index is 0.00438. The van der Waals surface area contributed by atoms with Gasteiger partial charge in [-0.3, -0.25) is 9.59 Å². The van der Waals surface area contributed by atoms with Gasteiger partial charge in [0.15, 0.2) is 5.16 Å². The molecule has 0 saturated carbocycles. The standard InChI is InChI=1S/C31H38N6O4S/c1-23(38)34-12-18-37(19-13-34)30(39)25-6-4-24(5-7-25)22-42-31-32-26(21-40-2)20-29(33-31)36-16-14-35(15-17-36)27-8-10-28(41-3)11-9-27/h4-11,20H,12-19,21-22H2,1-3H3. The fourth-order valence-electron chi connectivity index (χ4n) is 5.19. The van der Waals surface area contributed by atoms with Crippen LogP contribution < -0.4 is 14.5 Å². The number of hydrogen-bond donors (Lipinski definition) is 0. The number of anilines is 2. The topological polar surface area (TPSA) is 91.3 Å². The summed E-state index contributed by atoms with van der Waals surface area (Å²) in [5.41, 5.74) is 3.80. The summed E-state index contributed by atoms with van der Waals surface area (Å²) in [6.45, 7) is 7.79. The Balaban J connectivity index is 1.18. The number of nitrogens with zero attached hydrogens (tertiary/aromatic N) is 6. The van der Waals surface area contributed by atoms with Gasteiger partial charge < -0.3 is 29.1 Å². The number of carbonyl (C=O) groups excluding carboxylic acids is 2. The second-order valence-electron chi connectivity index (χ2n) is 10.4. The molecule has 0 N–H and O–H groups in total. The summed E-state index contributed by atoms with van der Waals surface area (Å²) in [4.78, 5) is 42.4. The molecular formula is C31H38N6O4S. The molecule has 0 spiro atoms. The highest BCUT2D eigenvalue weighted by molar-refractivity contribution is 7.98. The number of piperazine rings is 2. The number of benzene rings is 2. The van der Waals surface area contributed by atoms with E-state index in [1.54, 1.807) is 37.8 Å². The zero-order valence-electron chi connectivity index (χ0n) is 24.5. The molecule has 2 aliphatic heterocycles. The lowest BCUT2D eigenvalue weighted by Crippen LogP contribution is -2.50. The molecule has 0 radical (unpaired) electrons. The molecule has 0 bridgehead atoms. The van der Waals surface area contributed by atoms with Crippen LogP contribution in [0.3, 0.4) is 0 Å². The van der Waals surface area contributed by atoms with Crippen molar-refractivity contribution < 1.29 is 19.1 Å². The Morgan fingerprint density at radius 3 is 2.07 bits per heavy atom. The molecule has 0 aliphatic carbocycles. The first-order valence-electron chi connectivity index (χ1n) is 14.2. The van der Waals surface area contributed by atoms with Crippen molar-refractivity contribution >= 4 is 35.1 Å². The van der Waals surface area contributed by atoms with Crippen molar-refractivity contribution in [2.45, 2.75) is 24.4 Å². The molecule has 0 atom stereocenters. The van der Waals surface area contributed by atoms with E-state index in [2.05, 4.69) is 21.9 Å². The summed E-state index contributed by atoms with van der Waals surface area (Å²) in [5.74, 6) is 2.52. The van der Waals surface area contributed by atoms with Gasteiger partial charge in [0, 0.05) is 89.5 Å². The van der Waals surface area contributed by atoms with Gasteiger partial charge in [-0.1, -0.05) is 23.9 Å². The van der Waals surface area contributed by atoms with E-state index in [1.807, 2.05) is 47.4 Å². The summed E-state index contributed by atoms with van der Waals surface area (Å²) in [5, 5.41) is 0.709. The summed E-state index contributed by atoms with van der Waals surface area (Å²) < 4.78 is 10.7. The van der Waals surface area contributed by atoms with Gasteiger partial charge >= 0.3 is 0 Å². The summed E-state index contributed by atoms with van der Waals surface area (Å²) in [6, 6.07) is 18.0. The molecule has 2 aliphatic rings. The predicted molar refractivity (Wildman–Crippen MR) is 164 cm³/mol. The molecule has 2 amide bonds. The number of methoxy groups -OCH3 is 2. The van der Waals surface area contributed by atoms with Crippen molar-refractivity contribution in [1.82, 2.24) is 19.8 Å². The number of ether oxygens (including phenoxy) is 2. The maximum absolute atomic E-state index is 13.0. The molecule has 2 fully saturated rings. The van der Waals surface area contributed by atoms with Gasteiger partial charge in [-0.25, -0.2) is 9.97 Å². The minimum absolute atomic E-state index is 0.00438. The molecule has 11 heteroatoms. The minimum Gasteiger partial charge on any atom is -0.497 e. The van der Waals surface area contributed by atoms with Gasteiger partial charge in [-0.2, -0.15) is 0 Å². The van der Waals surface area contributed by atoms with Crippen LogP contribution in [0.25, 0.3) is 0 Å². The third-order valence-corrected chi connectivity index (χ3v) is 8.58. The zero-order chi connectivity index (χ0) is 29.5. The molecule has 42 heavy (non-hydrogen) atoms. The van der Waals surface area contributed by atoms with Crippen LogP contribution >= 0.6 is 11.8 Å². The SMILES string of the molecule is COCc1cc(N2CCN(c3ccc(OC)cc3)CC2)nc(SCc2ccc(C(=O)N3CCN(C(C)=O)CC3)cc2)n1. The molecule has 0 unspecified atom stereocenters. The van der Waals surface area contributed by atoms with Crippen molar-refractivity contribution in [2.24, 2.45) is 0 Å². The number of thioether (sulfide) groups is 1. The van der Waals surface area contributed by atoms with Gasteiger partial charge in [-0.15, -0.1) is 0 Å². The van der Waals surface area contributed by atoms with Crippen molar-refractivity contribution in [3.05, 3.63) is 71.4 Å². The van der Waals surface area contributed by atoms with E-state index in [-0.39, 0.29) is 11.8 Å². The van der Waals surface area contributed by atoms with Crippen LogP contribution in [0.1, 0.15) is 28.5 Å². The smallest absolute Gasteiger partial charge is 0.253 e. The van der Waals surface area contributed by atoms with E-state index in [4.69, 9.17) is 19.4 Å². The molecule has 3 heterocycles. The van der Waals surface area contributed by atoms with Crippen molar-refractivity contribution in [2.75, 3.05) is 76.4 Å². The molecule has 1 aromatic heterocycles. The summed E-state index contributed by atoms with van der Waals surface area (Å²) >= 11 is 1.58. The number of rotatable bonds is 9. The van der Waals surface area contributed by atoms with Crippen LogP contribution in [0.5, 0.6) is 5.75 Å². The van der Waals surface area contributed by atoms with Gasteiger partial charge in [0.25, 0.3) is 5.91 Å². The average Bonchev–Trinajstić information content (AvgIpc) is 3.04. The fraction of sp³-hybridized carbons (Fsp3) is 0.419. The van der Waals surface area contributed by atoms with Crippen molar-refractivity contribution in [1.29, 1.82) is 0 Å². The molecule has 2 saturated heterocycles. The van der Waals surface area contributed by atoms with E-state index in [9.17, 15) is 9.59 Å². The van der Waals surface area contributed by atoms with Crippen LogP contribution in [0.15, 0.2) is 59.8 Å². The van der Waals surface area contributed by atoms with Crippen molar-refractivity contribution in [3.8, 4) is 5.75 Å². The van der Waals surface area contributed by atoms with Gasteiger partial charge in [0.2, 0.25) is 5.91 Å². The van der Waals surface area contributed by atoms with Crippen LogP contribution in [-0.4, -0.2) is 98.2 Å². The van der Waals surface area contributed by atoms with Crippen LogP contribution in [0.4, 0.5) is 11.5 Å². The number of hydrogen-bond acceptors (Lipinski definition) is 9. The highest BCUT2D eigenvalue weighted by atomic mass is 32.2. The maximum atomic E-state index is 13.0. The third kappa shape index (κ3) is 7.32. The molecule has 5 rings (SSSR count). The number of carbonyl (C=O) groups is 2. The van der Waals surface area contributed by atoms with Gasteiger partial charge in [0.05, 0.1) is 19.4 Å². The summed E-state index contributed by atoms with van der Waals surface area (Å²) in [6.07, 6.45) is 0. The van der Waals surface area contributed by atoms with Gasteiger partial charge in [0.1, 0.15) is 11.6 Å². The van der Waals surface area contributed by atoms with E-state index >= 15 is 0 Å². The maximum Gasteiger partial charge on any atom is 0.253 e. The molecule has 10 nitrogen and oxygen atoms in total. The second-order valence-corrected chi connectivity index (χ2v) is 11.3. The lowest BCUT2D eigenvalue weighted by atomic mass is 10.1. The molecule has 3 aromatic rings. The number of aromatic nitrogens is 2. The van der Waals surface area contributed by atoms with Crippen LogP contribution in [-0.2, 0) is 21.9 Å². The highest BCUT2D eigenvalue weighted by Gasteiger charge is 2.23. The largest absolute Gasteiger partial charge is 0.497 e. The number of amides is 2. The monoisotopic (exact) mass is 590 g/mol. The lowest BCUT2D eigenvalue weighted by molar-refractivity contribution is -0.130. The Bertz CT molecular complexity index is 1350. The normalized spacial score (nSPS) is 15.6. The fourth-order valence-corrected chi connectivity index (χ4v) is 6.02. The third-order valence-electron chi connectivity index (χ3n) is 7.66. The first kappa shape index (κ1) is 29.7. The van der Waals surface area contributed by atoms with E-state index < -0.39 is 0 Å². The highest BCUT2D eigenvalue weighted by Crippen LogP contribution is 2.26. The second kappa shape index (κ2) is 13.9. The van der Waals surface area contributed by atoms with Crippen LogP contribution in [0, 0.1) is 0 Å². The van der Waals surface area contributed by atoms with Gasteiger partial charge in [-0.05, 0) is 42.0 Å². The van der Waals surface area contributed by atoms with E-state index in [0.717, 1.165) is 49.0 Å². The van der Waals surface area contributed by atoms with Crippen LogP contribution in [0.2, 0.25) is 0 Å². The lowest BCUT2D eigenvalue weighted by Gasteiger charge is -2.37. The molecular weight excluding hydrogens is 552 g/mol. The summed E-state index contributed by atoms with van der Waals surface area (Å²) in [7, 11) is 3.36. The molecule has 2 aromatic carbocycles. The Morgan fingerprint density at radius 1 is 0.810 bits per heavy atom. The first-order valence-corrected chi connectivity index (χ1v) is 15.2. The van der Waals surface area contributed by atoms with Crippen molar-refractivity contribution in [3.63, 3.8) is 0 Å². The average molecular weight is 591 g/mol. The Kier molecular flexibility index (Phi) is 9.81. The van der Waals surface area contributed by atoms with E-state index in [1.165, 1.54) is 5.69 Å². The quantitative estimate of drug-likeness (QED) is 0.274. The first-order chi connectivity index (χ1) is 20.4. The molecule has 222 valence electrons. The Labute approximate surface area is 251 Å². The Morgan fingerprint density at radius 2 is 1.45 bits per heavy atom. The predicted octanol–water partition coefficient (Wildman–Crippen LogP) is 3.55. The zero-order valence-corrected chi connectivity index (χ0v) is 25.3.